The molecule has 0 saturated carbocycles. The largest absolute Gasteiger partial charge is 0.497 e. The molecule has 2 N–H and O–H groups in total. The fourth-order valence-corrected chi connectivity index (χ4v) is 3.94. The SMILES string of the molecule is COc1ccc(CC(=O)NCc2ccccc2-c2cccc(CC(=O)NCCc3ccccn3)n2)cc1. The van der Waals surface area contributed by atoms with Gasteiger partial charge in [-0.15, -0.1) is 0 Å². The van der Waals surface area contributed by atoms with E-state index in [1.807, 2.05) is 84.9 Å². The van der Waals surface area contributed by atoms with Gasteiger partial charge in [0.2, 0.25) is 11.8 Å². The zero-order chi connectivity index (χ0) is 25.9. The van der Waals surface area contributed by atoms with Crippen LogP contribution in [0.2, 0.25) is 0 Å². The molecule has 0 fully saturated rings. The molecule has 0 radical (unpaired) electrons. The molecule has 2 amide bonds. The highest BCUT2D eigenvalue weighted by Gasteiger charge is 2.11. The van der Waals surface area contributed by atoms with Crippen LogP contribution < -0.4 is 15.4 Å². The maximum Gasteiger partial charge on any atom is 0.226 e. The number of aromatic nitrogens is 2. The van der Waals surface area contributed by atoms with Gasteiger partial charge in [-0.1, -0.05) is 48.5 Å². The number of hydrogen-bond donors (Lipinski definition) is 2. The Labute approximate surface area is 216 Å². The standard InChI is InChI=1S/C30H30N4O3/c1-37-26-14-12-22(13-15-26)19-29(35)33-21-23-7-2-3-10-27(23)28-11-6-9-25(34-28)20-30(36)32-18-16-24-8-4-5-17-31-24/h2-15,17H,16,18-21H2,1H3,(H,32,36)(H,33,35). The second kappa shape index (κ2) is 13.0. The summed E-state index contributed by atoms with van der Waals surface area (Å²) in [4.78, 5) is 34.0. The first-order valence-electron chi connectivity index (χ1n) is 12.2. The number of rotatable bonds is 11. The first-order chi connectivity index (χ1) is 18.1. The van der Waals surface area contributed by atoms with Crippen molar-refractivity contribution < 1.29 is 14.3 Å². The van der Waals surface area contributed by atoms with E-state index in [-0.39, 0.29) is 24.7 Å². The van der Waals surface area contributed by atoms with E-state index in [4.69, 9.17) is 9.72 Å². The van der Waals surface area contributed by atoms with E-state index < -0.39 is 0 Å². The van der Waals surface area contributed by atoms with Crippen molar-refractivity contribution in [2.45, 2.75) is 25.8 Å². The van der Waals surface area contributed by atoms with Crippen LogP contribution in [0.25, 0.3) is 11.3 Å². The minimum atomic E-state index is -0.0836. The summed E-state index contributed by atoms with van der Waals surface area (Å²) < 4.78 is 5.17. The van der Waals surface area contributed by atoms with E-state index in [2.05, 4.69) is 15.6 Å². The van der Waals surface area contributed by atoms with Gasteiger partial charge in [0.1, 0.15) is 5.75 Å². The molecule has 188 valence electrons. The Hall–Kier alpha value is -4.52. The molecule has 37 heavy (non-hydrogen) atoms. The number of hydrogen-bond acceptors (Lipinski definition) is 5. The lowest BCUT2D eigenvalue weighted by Gasteiger charge is -2.12. The van der Waals surface area contributed by atoms with Crippen LogP contribution in [0.4, 0.5) is 0 Å². The van der Waals surface area contributed by atoms with Crippen LogP contribution in [-0.2, 0) is 35.4 Å². The average molecular weight is 495 g/mol. The zero-order valence-corrected chi connectivity index (χ0v) is 20.8. The molecule has 0 aliphatic carbocycles. The molecule has 2 aromatic heterocycles. The van der Waals surface area contributed by atoms with Crippen molar-refractivity contribution in [2.75, 3.05) is 13.7 Å². The first kappa shape index (κ1) is 25.6. The Bertz CT molecular complexity index is 1320. The van der Waals surface area contributed by atoms with Crippen LogP contribution in [0.5, 0.6) is 5.75 Å². The predicted molar refractivity (Wildman–Crippen MR) is 143 cm³/mol. The number of benzene rings is 2. The smallest absolute Gasteiger partial charge is 0.226 e. The number of nitrogens with zero attached hydrogens (tertiary/aromatic N) is 2. The van der Waals surface area contributed by atoms with Gasteiger partial charge in [-0.3, -0.25) is 19.6 Å². The first-order valence-corrected chi connectivity index (χ1v) is 12.2. The number of nitrogens with one attached hydrogen (secondary N) is 2. The minimum absolute atomic E-state index is 0.0657. The number of pyridine rings is 2. The fourth-order valence-electron chi connectivity index (χ4n) is 3.94. The highest BCUT2D eigenvalue weighted by Crippen LogP contribution is 2.22. The Morgan fingerprint density at radius 3 is 2.32 bits per heavy atom. The highest BCUT2D eigenvalue weighted by atomic mass is 16.5. The van der Waals surface area contributed by atoms with E-state index in [1.54, 1.807) is 13.3 Å². The number of methoxy groups -OCH3 is 1. The van der Waals surface area contributed by atoms with Crippen molar-refractivity contribution >= 4 is 11.8 Å². The van der Waals surface area contributed by atoms with Gasteiger partial charge in [0.25, 0.3) is 0 Å². The van der Waals surface area contributed by atoms with E-state index in [9.17, 15) is 9.59 Å². The molecule has 7 heteroatoms. The summed E-state index contributed by atoms with van der Waals surface area (Å²) in [5.41, 5.74) is 5.18. The van der Waals surface area contributed by atoms with E-state index in [0.717, 1.165) is 33.8 Å². The van der Waals surface area contributed by atoms with Crippen molar-refractivity contribution in [1.82, 2.24) is 20.6 Å². The summed E-state index contributed by atoms with van der Waals surface area (Å²) in [6.07, 6.45) is 2.90. The normalized spacial score (nSPS) is 10.5. The zero-order valence-electron chi connectivity index (χ0n) is 20.8. The second-order valence-electron chi connectivity index (χ2n) is 8.57. The summed E-state index contributed by atoms with van der Waals surface area (Å²) in [6.45, 7) is 0.902. The van der Waals surface area contributed by atoms with Crippen LogP contribution in [0, 0.1) is 0 Å². The molecule has 0 atom stereocenters. The van der Waals surface area contributed by atoms with Gasteiger partial charge in [-0.25, -0.2) is 0 Å². The van der Waals surface area contributed by atoms with E-state index >= 15 is 0 Å². The fraction of sp³-hybridized carbons (Fsp3) is 0.200. The van der Waals surface area contributed by atoms with E-state index in [0.29, 0.717) is 25.2 Å². The molecule has 7 nitrogen and oxygen atoms in total. The quantitative estimate of drug-likeness (QED) is 0.330. The van der Waals surface area contributed by atoms with Crippen LogP contribution >= 0.6 is 0 Å². The molecular weight excluding hydrogens is 464 g/mol. The third kappa shape index (κ3) is 7.73. The van der Waals surface area contributed by atoms with Gasteiger partial charge in [0.15, 0.2) is 0 Å². The summed E-state index contributed by atoms with van der Waals surface area (Å²) in [6, 6.07) is 26.7. The summed E-state index contributed by atoms with van der Waals surface area (Å²) in [5, 5.41) is 5.94. The Morgan fingerprint density at radius 1 is 0.784 bits per heavy atom. The molecule has 4 aromatic rings. The minimum Gasteiger partial charge on any atom is -0.497 e. The summed E-state index contributed by atoms with van der Waals surface area (Å²) in [5.74, 6) is 0.610. The molecule has 0 spiro atoms. The summed E-state index contributed by atoms with van der Waals surface area (Å²) in [7, 11) is 1.61. The lowest BCUT2D eigenvalue weighted by molar-refractivity contribution is -0.121. The van der Waals surface area contributed by atoms with Crippen LogP contribution in [0.1, 0.15) is 22.5 Å². The third-order valence-corrected chi connectivity index (χ3v) is 5.87. The van der Waals surface area contributed by atoms with Crippen LogP contribution in [0.15, 0.2) is 91.1 Å². The molecule has 0 saturated heterocycles. The van der Waals surface area contributed by atoms with Crippen molar-refractivity contribution in [3.63, 3.8) is 0 Å². The lowest BCUT2D eigenvalue weighted by Crippen LogP contribution is -2.27. The molecule has 2 heterocycles. The monoisotopic (exact) mass is 494 g/mol. The highest BCUT2D eigenvalue weighted by molar-refractivity contribution is 5.79. The number of ether oxygens (including phenoxy) is 1. The molecule has 0 unspecified atom stereocenters. The maximum absolute atomic E-state index is 12.5. The van der Waals surface area contributed by atoms with Crippen LogP contribution in [0.3, 0.4) is 0 Å². The molecule has 0 aliphatic rings. The maximum atomic E-state index is 12.5. The van der Waals surface area contributed by atoms with Gasteiger partial charge >= 0.3 is 0 Å². The van der Waals surface area contributed by atoms with Crippen molar-refractivity contribution in [2.24, 2.45) is 0 Å². The number of amides is 2. The second-order valence-corrected chi connectivity index (χ2v) is 8.57. The van der Waals surface area contributed by atoms with Crippen molar-refractivity contribution in [3.8, 4) is 17.0 Å². The molecular formula is C30H30N4O3. The summed E-state index contributed by atoms with van der Waals surface area (Å²) >= 11 is 0. The molecule has 2 aromatic carbocycles. The van der Waals surface area contributed by atoms with Gasteiger partial charge in [0.05, 0.1) is 31.3 Å². The lowest BCUT2D eigenvalue weighted by atomic mass is 10.0. The van der Waals surface area contributed by atoms with Crippen molar-refractivity contribution in [1.29, 1.82) is 0 Å². The van der Waals surface area contributed by atoms with Gasteiger partial charge in [-0.05, 0) is 47.5 Å². The van der Waals surface area contributed by atoms with E-state index in [1.165, 1.54) is 0 Å². The number of carbonyl (C=O) groups excluding carboxylic acids is 2. The predicted octanol–water partition coefficient (Wildman–Crippen LogP) is 3.91. The molecule has 0 aliphatic heterocycles. The molecule has 4 rings (SSSR count). The topological polar surface area (TPSA) is 93.2 Å². The Balaban J connectivity index is 1.34. The molecule has 0 bridgehead atoms. The average Bonchev–Trinajstić information content (AvgIpc) is 2.93. The Kier molecular flexibility index (Phi) is 8.97. The van der Waals surface area contributed by atoms with Gasteiger partial charge in [0, 0.05) is 37.0 Å². The number of carbonyl (C=O) groups is 2. The van der Waals surface area contributed by atoms with Crippen LogP contribution in [-0.4, -0.2) is 35.4 Å². The Morgan fingerprint density at radius 2 is 1.54 bits per heavy atom. The van der Waals surface area contributed by atoms with Gasteiger partial charge in [-0.2, -0.15) is 0 Å². The third-order valence-electron chi connectivity index (χ3n) is 5.87. The van der Waals surface area contributed by atoms with Crippen molar-refractivity contribution in [3.05, 3.63) is 114 Å². The van der Waals surface area contributed by atoms with Gasteiger partial charge < -0.3 is 15.4 Å².